The van der Waals surface area contributed by atoms with Crippen LogP contribution < -0.4 is 4.74 Å². The lowest BCUT2D eigenvalue weighted by atomic mass is 10.3. The topological polar surface area (TPSA) is 18.5 Å². The van der Waals surface area contributed by atoms with Crippen LogP contribution in [0.2, 0.25) is 15.1 Å². The fraction of sp³-hybridized carbons (Fsp3) is 0.400. The third-order valence-corrected chi connectivity index (χ3v) is 2.85. The van der Waals surface area contributed by atoms with Crippen LogP contribution in [0.1, 0.15) is 0 Å². The quantitative estimate of drug-likeness (QED) is 0.443. The van der Waals surface area contributed by atoms with E-state index in [4.69, 9.17) is 55.9 Å². The summed E-state index contributed by atoms with van der Waals surface area (Å²) in [4.78, 5) is 0. The molecular weight excluding hydrogens is 294 g/mol. The van der Waals surface area contributed by atoms with Gasteiger partial charge in [-0.05, 0) is 6.07 Å². The lowest BCUT2D eigenvalue weighted by molar-refractivity contribution is 0.111. The first-order valence-electron chi connectivity index (χ1n) is 4.56. The Morgan fingerprint density at radius 3 is 2.25 bits per heavy atom. The van der Waals surface area contributed by atoms with Crippen molar-refractivity contribution < 1.29 is 9.47 Å². The van der Waals surface area contributed by atoms with Gasteiger partial charge in [0.25, 0.3) is 0 Å². The molecule has 1 aromatic rings. The van der Waals surface area contributed by atoms with E-state index in [-0.39, 0.29) is 0 Å². The van der Waals surface area contributed by atoms with E-state index < -0.39 is 0 Å². The normalized spacial score (nSPS) is 10.5. The molecule has 0 aliphatic rings. The standard InChI is InChI=1S/C10H10Cl4O2/c11-1-2-15-3-4-16-10-6-8(13)7(12)5-9(10)14/h5-6H,1-4H2. The molecule has 0 saturated heterocycles. The summed E-state index contributed by atoms with van der Waals surface area (Å²) >= 11 is 23.0. The van der Waals surface area contributed by atoms with Gasteiger partial charge in [0.05, 0.1) is 28.3 Å². The van der Waals surface area contributed by atoms with Crippen LogP contribution in [0, 0.1) is 0 Å². The predicted molar refractivity (Wildman–Crippen MR) is 68.5 cm³/mol. The smallest absolute Gasteiger partial charge is 0.139 e. The highest BCUT2D eigenvalue weighted by molar-refractivity contribution is 6.43. The monoisotopic (exact) mass is 302 g/mol. The molecule has 90 valence electrons. The van der Waals surface area contributed by atoms with Crippen LogP contribution in [0.3, 0.4) is 0 Å². The fourth-order valence-electron chi connectivity index (χ4n) is 0.982. The summed E-state index contributed by atoms with van der Waals surface area (Å²) in [7, 11) is 0. The zero-order valence-electron chi connectivity index (χ0n) is 8.31. The van der Waals surface area contributed by atoms with Crippen molar-refractivity contribution in [3.63, 3.8) is 0 Å². The second kappa shape index (κ2) is 7.46. The van der Waals surface area contributed by atoms with Gasteiger partial charge in [-0.15, -0.1) is 11.6 Å². The van der Waals surface area contributed by atoms with E-state index in [0.29, 0.717) is 46.5 Å². The first kappa shape index (κ1) is 14.2. The summed E-state index contributed by atoms with van der Waals surface area (Å²) < 4.78 is 10.5. The van der Waals surface area contributed by atoms with Crippen LogP contribution in [0.4, 0.5) is 0 Å². The van der Waals surface area contributed by atoms with Crippen molar-refractivity contribution in [2.45, 2.75) is 0 Å². The second-order valence-corrected chi connectivity index (χ2v) is 4.45. The van der Waals surface area contributed by atoms with Crippen molar-refractivity contribution in [2.75, 3.05) is 25.7 Å². The van der Waals surface area contributed by atoms with Gasteiger partial charge in [-0.1, -0.05) is 34.8 Å². The number of hydrogen-bond donors (Lipinski definition) is 0. The zero-order valence-corrected chi connectivity index (χ0v) is 11.3. The van der Waals surface area contributed by atoms with Crippen molar-refractivity contribution >= 4 is 46.4 Å². The van der Waals surface area contributed by atoms with Crippen LogP contribution in [0.5, 0.6) is 5.75 Å². The molecule has 16 heavy (non-hydrogen) atoms. The van der Waals surface area contributed by atoms with Crippen molar-refractivity contribution in [1.29, 1.82) is 0 Å². The maximum Gasteiger partial charge on any atom is 0.139 e. The maximum atomic E-state index is 5.91. The number of benzene rings is 1. The number of hydrogen-bond acceptors (Lipinski definition) is 2. The van der Waals surface area contributed by atoms with E-state index in [2.05, 4.69) is 0 Å². The lowest BCUT2D eigenvalue weighted by Crippen LogP contribution is -2.08. The Hall–Kier alpha value is 0.140. The fourth-order valence-corrected chi connectivity index (χ4v) is 1.68. The molecule has 0 N–H and O–H groups in total. The summed E-state index contributed by atoms with van der Waals surface area (Å²) in [5.41, 5.74) is 0. The molecular formula is C10H10Cl4O2. The van der Waals surface area contributed by atoms with Gasteiger partial charge in [0.2, 0.25) is 0 Å². The zero-order chi connectivity index (χ0) is 12.0. The van der Waals surface area contributed by atoms with Crippen LogP contribution in [-0.2, 0) is 4.74 Å². The van der Waals surface area contributed by atoms with E-state index in [1.54, 1.807) is 12.1 Å². The SMILES string of the molecule is ClCCOCCOc1cc(Cl)c(Cl)cc1Cl. The third-order valence-electron chi connectivity index (χ3n) is 1.68. The number of ether oxygens (including phenoxy) is 2. The van der Waals surface area contributed by atoms with Gasteiger partial charge in [0.15, 0.2) is 0 Å². The van der Waals surface area contributed by atoms with Gasteiger partial charge in [0.1, 0.15) is 12.4 Å². The summed E-state index contributed by atoms with van der Waals surface area (Å²) in [6.45, 7) is 1.33. The van der Waals surface area contributed by atoms with E-state index >= 15 is 0 Å². The van der Waals surface area contributed by atoms with E-state index in [0.717, 1.165) is 0 Å². The summed E-state index contributed by atoms with van der Waals surface area (Å²) in [5.74, 6) is 0.957. The summed E-state index contributed by atoms with van der Waals surface area (Å²) in [6, 6.07) is 3.12. The molecule has 0 spiro atoms. The molecule has 0 bridgehead atoms. The van der Waals surface area contributed by atoms with Gasteiger partial charge in [-0.25, -0.2) is 0 Å². The molecule has 0 saturated carbocycles. The molecule has 0 fully saturated rings. The number of alkyl halides is 1. The highest BCUT2D eigenvalue weighted by Crippen LogP contribution is 2.33. The largest absolute Gasteiger partial charge is 0.490 e. The minimum atomic E-state index is 0.384. The van der Waals surface area contributed by atoms with Crippen LogP contribution in [0.25, 0.3) is 0 Å². The average Bonchev–Trinajstić information content (AvgIpc) is 2.25. The predicted octanol–water partition coefficient (Wildman–Crippen LogP) is 4.28. The third kappa shape index (κ3) is 4.56. The van der Waals surface area contributed by atoms with Gasteiger partial charge in [0, 0.05) is 11.9 Å². The number of rotatable bonds is 6. The van der Waals surface area contributed by atoms with E-state index in [1.807, 2.05) is 0 Å². The van der Waals surface area contributed by atoms with Crippen LogP contribution >= 0.6 is 46.4 Å². The summed E-state index contributed by atoms with van der Waals surface area (Å²) in [6.07, 6.45) is 0. The minimum Gasteiger partial charge on any atom is -0.490 e. The van der Waals surface area contributed by atoms with E-state index in [9.17, 15) is 0 Å². The molecule has 0 amide bonds. The molecule has 1 aromatic carbocycles. The molecule has 1 rings (SSSR count). The van der Waals surface area contributed by atoms with Crippen LogP contribution in [0.15, 0.2) is 12.1 Å². The molecule has 0 atom stereocenters. The average molecular weight is 304 g/mol. The lowest BCUT2D eigenvalue weighted by Gasteiger charge is -2.09. The van der Waals surface area contributed by atoms with Crippen molar-refractivity contribution in [2.24, 2.45) is 0 Å². The highest BCUT2D eigenvalue weighted by Gasteiger charge is 2.06. The molecule has 0 unspecified atom stereocenters. The van der Waals surface area contributed by atoms with E-state index in [1.165, 1.54) is 0 Å². The Morgan fingerprint density at radius 2 is 1.56 bits per heavy atom. The molecule has 0 aliphatic carbocycles. The molecule has 0 radical (unpaired) electrons. The Balaban J connectivity index is 2.45. The van der Waals surface area contributed by atoms with Gasteiger partial charge < -0.3 is 9.47 Å². The van der Waals surface area contributed by atoms with Crippen molar-refractivity contribution in [3.05, 3.63) is 27.2 Å². The first-order chi connectivity index (χ1) is 7.65. The van der Waals surface area contributed by atoms with Gasteiger partial charge in [-0.2, -0.15) is 0 Å². The van der Waals surface area contributed by atoms with Crippen LogP contribution in [-0.4, -0.2) is 25.7 Å². The Labute approximate surface area is 114 Å². The molecule has 0 aromatic heterocycles. The first-order valence-corrected chi connectivity index (χ1v) is 6.23. The van der Waals surface area contributed by atoms with Gasteiger partial charge in [-0.3, -0.25) is 0 Å². The molecule has 0 heterocycles. The Bertz CT molecular complexity index is 344. The Morgan fingerprint density at radius 1 is 0.875 bits per heavy atom. The summed E-state index contributed by atoms with van der Waals surface area (Å²) in [5, 5.41) is 1.23. The van der Waals surface area contributed by atoms with Crippen molar-refractivity contribution in [1.82, 2.24) is 0 Å². The Kier molecular flexibility index (Phi) is 6.62. The number of halogens is 4. The van der Waals surface area contributed by atoms with Crippen molar-refractivity contribution in [3.8, 4) is 5.75 Å². The second-order valence-electron chi connectivity index (χ2n) is 2.85. The minimum absolute atomic E-state index is 0.384. The molecule has 2 nitrogen and oxygen atoms in total. The molecule has 0 aliphatic heterocycles. The highest BCUT2D eigenvalue weighted by atomic mass is 35.5. The van der Waals surface area contributed by atoms with Gasteiger partial charge >= 0.3 is 0 Å². The maximum absolute atomic E-state index is 5.91. The molecule has 6 heteroatoms.